The Morgan fingerprint density at radius 2 is 1.67 bits per heavy atom. The zero-order chi connectivity index (χ0) is 19.2. The Labute approximate surface area is 156 Å². The molecule has 0 spiro atoms. The quantitative estimate of drug-likeness (QED) is 0.847. The second-order valence-corrected chi connectivity index (χ2v) is 6.47. The number of nitrogens with one attached hydrogen (secondary N) is 2. The van der Waals surface area contributed by atoms with E-state index in [1.54, 1.807) is 23.1 Å². The van der Waals surface area contributed by atoms with E-state index in [1.165, 1.54) is 30.3 Å². The van der Waals surface area contributed by atoms with E-state index in [4.69, 9.17) is 0 Å². The lowest BCUT2D eigenvalue weighted by atomic mass is 10.0. The summed E-state index contributed by atoms with van der Waals surface area (Å²) < 4.78 is 26.5. The first-order valence-electron chi connectivity index (χ1n) is 8.85. The van der Waals surface area contributed by atoms with Crippen LogP contribution in [0.2, 0.25) is 0 Å². The SMILES string of the molecule is O=C(NCC(=O)N1CCC(Nc2ccc(F)cc2)CC1)c1ccccc1F. The predicted molar refractivity (Wildman–Crippen MR) is 98.4 cm³/mol. The summed E-state index contributed by atoms with van der Waals surface area (Å²) in [5.74, 6) is -1.69. The van der Waals surface area contributed by atoms with E-state index in [9.17, 15) is 18.4 Å². The van der Waals surface area contributed by atoms with Crippen molar-refractivity contribution in [3.8, 4) is 0 Å². The molecule has 1 aliphatic rings. The number of benzene rings is 2. The molecule has 27 heavy (non-hydrogen) atoms. The molecular formula is C20H21F2N3O2. The number of carbonyl (C=O) groups is 2. The van der Waals surface area contributed by atoms with Gasteiger partial charge in [0.25, 0.3) is 5.91 Å². The number of piperidine rings is 1. The van der Waals surface area contributed by atoms with Gasteiger partial charge in [0, 0.05) is 24.8 Å². The van der Waals surface area contributed by atoms with E-state index < -0.39 is 11.7 Å². The van der Waals surface area contributed by atoms with Crippen molar-refractivity contribution >= 4 is 17.5 Å². The fourth-order valence-corrected chi connectivity index (χ4v) is 3.06. The molecule has 2 amide bonds. The van der Waals surface area contributed by atoms with Crippen LogP contribution in [0.15, 0.2) is 48.5 Å². The fraction of sp³-hybridized carbons (Fsp3) is 0.300. The van der Waals surface area contributed by atoms with Crippen LogP contribution in [0.25, 0.3) is 0 Å². The Balaban J connectivity index is 1.44. The molecule has 0 unspecified atom stereocenters. The first-order chi connectivity index (χ1) is 13.0. The zero-order valence-corrected chi connectivity index (χ0v) is 14.8. The lowest BCUT2D eigenvalue weighted by Gasteiger charge is -2.33. The topological polar surface area (TPSA) is 61.4 Å². The number of nitrogens with zero attached hydrogens (tertiary/aromatic N) is 1. The summed E-state index contributed by atoms with van der Waals surface area (Å²) >= 11 is 0. The molecule has 2 aromatic carbocycles. The van der Waals surface area contributed by atoms with Crippen LogP contribution in [0, 0.1) is 11.6 Å². The van der Waals surface area contributed by atoms with Crippen LogP contribution < -0.4 is 10.6 Å². The summed E-state index contributed by atoms with van der Waals surface area (Å²) in [5, 5.41) is 5.80. The maximum atomic E-state index is 13.6. The van der Waals surface area contributed by atoms with E-state index in [2.05, 4.69) is 10.6 Å². The Morgan fingerprint density at radius 3 is 2.33 bits per heavy atom. The number of rotatable bonds is 5. The minimum Gasteiger partial charge on any atom is -0.382 e. The molecule has 2 N–H and O–H groups in total. The minimum atomic E-state index is -0.616. The van der Waals surface area contributed by atoms with Gasteiger partial charge >= 0.3 is 0 Å². The summed E-state index contributed by atoms with van der Waals surface area (Å²) in [7, 11) is 0. The van der Waals surface area contributed by atoms with Gasteiger partial charge in [-0.25, -0.2) is 8.78 Å². The Hall–Kier alpha value is -2.96. The molecular weight excluding hydrogens is 352 g/mol. The van der Waals surface area contributed by atoms with Crippen molar-refractivity contribution in [2.75, 3.05) is 25.0 Å². The molecule has 0 bridgehead atoms. The number of likely N-dealkylation sites (tertiary alicyclic amines) is 1. The van der Waals surface area contributed by atoms with Gasteiger partial charge in [0.05, 0.1) is 12.1 Å². The van der Waals surface area contributed by atoms with Crippen molar-refractivity contribution in [1.29, 1.82) is 0 Å². The van der Waals surface area contributed by atoms with E-state index in [1.807, 2.05) is 0 Å². The minimum absolute atomic E-state index is 0.0764. The number of anilines is 1. The van der Waals surface area contributed by atoms with Gasteiger partial charge in [-0.2, -0.15) is 0 Å². The Morgan fingerprint density at radius 1 is 1.00 bits per heavy atom. The summed E-state index contributed by atoms with van der Waals surface area (Å²) in [4.78, 5) is 25.9. The van der Waals surface area contributed by atoms with Gasteiger partial charge in [0.2, 0.25) is 5.91 Å². The molecule has 0 radical (unpaired) electrons. The Bertz CT molecular complexity index is 803. The average Bonchev–Trinajstić information content (AvgIpc) is 2.68. The first-order valence-corrected chi connectivity index (χ1v) is 8.85. The van der Waals surface area contributed by atoms with E-state index >= 15 is 0 Å². The Kier molecular flexibility index (Phi) is 6.01. The second-order valence-electron chi connectivity index (χ2n) is 6.47. The molecule has 1 saturated heterocycles. The van der Waals surface area contributed by atoms with E-state index in [0.29, 0.717) is 13.1 Å². The third-order valence-electron chi connectivity index (χ3n) is 4.58. The summed E-state index contributed by atoms with van der Waals surface area (Å²) in [5.41, 5.74) is 0.769. The monoisotopic (exact) mass is 373 g/mol. The molecule has 1 fully saturated rings. The van der Waals surface area contributed by atoms with Crippen LogP contribution in [0.4, 0.5) is 14.5 Å². The van der Waals surface area contributed by atoms with Crippen LogP contribution in [-0.2, 0) is 4.79 Å². The fourth-order valence-electron chi connectivity index (χ4n) is 3.06. The molecule has 0 aliphatic carbocycles. The van der Waals surface area contributed by atoms with Crippen molar-refractivity contribution in [3.63, 3.8) is 0 Å². The number of hydrogen-bond acceptors (Lipinski definition) is 3. The second kappa shape index (κ2) is 8.62. The third-order valence-corrected chi connectivity index (χ3v) is 4.58. The highest BCUT2D eigenvalue weighted by molar-refractivity contribution is 5.96. The molecule has 7 heteroatoms. The molecule has 142 valence electrons. The van der Waals surface area contributed by atoms with Crippen molar-refractivity contribution in [2.45, 2.75) is 18.9 Å². The third kappa shape index (κ3) is 5.03. The van der Waals surface area contributed by atoms with Gasteiger partial charge in [0.15, 0.2) is 0 Å². The molecule has 5 nitrogen and oxygen atoms in total. The van der Waals surface area contributed by atoms with E-state index in [0.717, 1.165) is 18.5 Å². The van der Waals surface area contributed by atoms with Gasteiger partial charge in [-0.1, -0.05) is 12.1 Å². The van der Waals surface area contributed by atoms with E-state index in [-0.39, 0.29) is 29.9 Å². The van der Waals surface area contributed by atoms with Crippen molar-refractivity contribution in [3.05, 3.63) is 65.7 Å². The van der Waals surface area contributed by atoms with Gasteiger partial charge in [-0.05, 0) is 49.2 Å². The molecule has 2 aromatic rings. The molecule has 0 aromatic heterocycles. The summed E-state index contributed by atoms with van der Waals surface area (Å²) in [6.45, 7) is 0.962. The van der Waals surface area contributed by atoms with Crippen LogP contribution in [0.3, 0.4) is 0 Å². The van der Waals surface area contributed by atoms with Gasteiger partial charge in [0.1, 0.15) is 11.6 Å². The lowest BCUT2D eigenvalue weighted by Crippen LogP contribution is -2.46. The predicted octanol–water partition coefficient (Wildman–Crippen LogP) is 2.80. The van der Waals surface area contributed by atoms with Crippen LogP contribution in [-0.4, -0.2) is 42.4 Å². The summed E-state index contributed by atoms with van der Waals surface area (Å²) in [6.07, 6.45) is 1.51. The van der Waals surface area contributed by atoms with Crippen molar-refractivity contribution in [1.82, 2.24) is 10.2 Å². The van der Waals surface area contributed by atoms with Crippen molar-refractivity contribution < 1.29 is 18.4 Å². The highest BCUT2D eigenvalue weighted by atomic mass is 19.1. The molecule has 0 saturated carbocycles. The number of amides is 2. The highest BCUT2D eigenvalue weighted by Crippen LogP contribution is 2.17. The maximum absolute atomic E-state index is 13.6. The van der Waals surface area contributed by atoms with Gasteiger partial charge in [-0.15, -0.1) is 0 Å². The molecule has 1 aliphatic heterocycles. The average molecular weight is 373 g/mol. The van der Waals surface area contributed by atoms with Gasteiger partial charge < -0.3 is 15.5 Å². The van der Waals surface area contributed by atoms with Crippen LogP contribution in [0.1, 0.15) is 23.2 Å². The number of hydrogen-bond donors (Lipinski definition) is 2. The standard InChI is InChI=1S/C20H21F2N3O2/c21-14-5-7-15(8-6-14)24-16-9-11-25(12-10-16)19(26)13-23-20(27)17-3-1-2-4-18(17)22/h1-8,16,24H,9-13H2,(H,23,27). The van der Waals surface area contributed by atoms with Gasteiger partial charge in [-0.3, -0.25) is 9.59 Å². The largest absolute Gasteiger partial charge is 0.382 e. The highest BCUT2D eigenvalue weighted by Gasteiger charge is 2.23. The molecule has 3 rings (SSSR count). The first kappa shape index (κ1) is 18.8. The number of halogens is 2. The smallest absolute Gasteiger partial charge is 0.254 e. The zero-order valence-electron chi connectivity index (χ0n) is 14.8. The summed E-state index contributed by atoms with van der Waals surface area (Å²) in [6, 6.07) is 12.0. The lowest BCUT2D eigenvalue weighted by molar-refractivity contribution is -0.131. The number of carbonyl (C=O) groups excluding carboxylic acids is 2. The van der Waals surface area contributed by atoms with Crippen LogP contribution in [0.5, 0.6) is 0 Å². The maximum Gasteiger partial charge on any atom is 0.254 e. The molecule has 1 heterocycles. The van der Waals surface area contributed by atoms with Crippen LogP contribution >= 0.6 is 0 Å². The molecule has 0 atom stereocenters. The van der Waals surface area contributed by atoms with Crippen molar-refractivity contribution in [2.24, 2.45) is 0 Å². The normalized spacial score (nSPS) is 14.7.